The third-order valence-electron chi connectivity index (χ3n) is 4.83. The van der Waals surface area contributed by atoms with Gasteiger partial charge in [-0.2, -0.15) is 0 Å². The Hall–Kier alpha value is -1.37. The standard InChI is InChI=1S/C16H29N3O4/c1-12-11-13(19(21)22)5-6-14(12)17-7-9-18(10-8-17)15(20)23-16(2,3)4/h12-14H,5-11H2,1-4H3. The van der Waals surface area contributed by atoms with Crippen molar-refractivity contribution in [3.05, 3.63) is 10.1 Å². The molecule has 3 atom stereocenters. The molecule has 1 amide bonds. The number of carbonyl (C=O) groups excluding carboxylic acids is 1. The Morgan fingerprint density at radius 2 is 1.78 bits per heavy atom. The molecule has 0 aromatic rings. The lowest BCUT2D eigenvalue weighted by molar-refractivity contribution is -0.528. The number of hydrogen-bond donors (Lipinski definition) is 0. The normalized spacial score (nSPS) is 30.1. The number of hydrogen-bond acceptors (Lipinski definition) is 5. The van der Waals surface area contributed by atoms with Gasteiger partial charge in [-0.1, -0.05) is 6.92 Å². The third kappa shape index (κ3) is 4.80. The van der Waals surface area contributed by atoms with E-state index in [0.717, 1.165) is 19.5 Å². The first-order valence-corrected chi connectivity index (χ1v) is 8.53. The minimum atomic E-state index is -0.469. The van der Waals surface area contributed by atoms with Gasteiger partial charge in [-0.3, -0.25) is 15.0 Å². The first-order valence-electron chi connectivity index (χ1n) is 8.53. The predicted molar refractivity (Wildman–Crippen MR) is 87.0 cm³/mol. The average molecular weight is 327 g/mol. The van der Waals surface area contributed by atoms with Crippen molar-refractivity contribution in [2.75, 3.05) is 26.2 Å². The second-order valence-corrected chi connectivity index (χ2v) is 7.80. The van der Waals surface area contributed by atoms with Gasteiger partial charge in [0.25, 0.3) is 0 Å². The molecule has 7 nitrogen and oxygen atoms in total. The highest BCUT2D eigenvalue weighted by Gasteiger charge is 2.38. The maximum Gasteiger partial charge on any atom is 0.410 e. The third-order valence-corrected chi connectivity index (χ3v) is 4.83. The number of amides is 1. The van der Waals surface area contributed by atoms with Gasteiger partial charge in [0.2, 0.25) is 6.04 Å². The number of carbonyl (C=O) groups is 1. The summed E-state index contributed by atoms with van der Waals surface area (Å²) >= 11 is 0. The molecule has 3 unspecified atom stereocenters. The monoisotopic (exact) mass is 327 g/mol. The minimum Gasteiger partial charge on any atom is -0.444 e. The second-order valence-electron chi connectivity index (χ2n) is 7.80. The van der Waals surface area contributed by atoms with Crippen LogP contribution in [0.4, 0.5) is 4.79 Å². The number of nitro groups is 1. The molecule has 23 heavy (non-hydrogen) atoms. The molecule has 0 bridgehead atoms. The lowest BCUT2D eigenvalue weighted by Gasteiger charge is -2.43. The van der Waals surface area contributed by atoms with E-state index in [4.69, 9.17) is 4.74 Å². The molecule has 132 valence electrons. The molecular formula is C16H29N3O4. The van der Waals surface area contributed by atoms with Crippen molar-refractivity contribution in [3.8, 4) is 0 Å². The van der Waals surface area contributed by atoms with Crippen LogP contribution in [0.5, 0.6) is 0 Å². The molecule has 1 saturated heterocycles. The summed E-state index contributed by atoms with van der Waals surface area (Å²) < 4.78 is 5.41. The van der Waals surface area contributed by atoms with Crippen LogP contribution in [-0.4, -0.2) is 64.7 Å². The van der Waals surface area contributed by atoms with Gasteiger partial charge in [0.15, 0.2) is 0 Å². The Morgan fingerprint density at radius 3 is 2.26 bits per heavy atom. The fraction of sp³-hybridized carbons (Fsp3) is 0.938. The molecule has 1 aliphatic carbocycles. The van der Waals surface area contributed by atoms with E-state index in [1.54, 1.807) is 4.90 Å². The quantitative estimate of drug-likeness (QED) is 0.575. The van der Waals surface area contributed by atoms with Crippen LogP contribution in [0.25, 0.3) is 0 Å². The minimum absolute atomic E-state index is 0.132. The molecule has 2 aliphatic rings. The summed E-state index contributed by atoms with van der Waals surface area (Å²) in [6.45, 7) is 10.7. The SMILES string of the molecule is CC1CC([N+](=O)[O-])CCC1N1CCN(C(=O)OC(C)(C)C)CC1. The highest BCUT2D eigenvalue weighted by molar-refractivity contribution is 5.68. The number of ether oxygens (including phenoxy) is 1. The summed E-state index contributed by atoms with van der Waals surface area (Å²) in [5.41, 5.74) is -0.469. The predicted octanol–water partition coefficient (Wildman–Crippen LogP) is 2.37. The Bertz CT molecular complexity index is 441. The van der Waals surface area contributed by atoms with Gasteiger partial charge in [0, 0.05) is 50.0 Å². The van der Waals surface area contributed by atoms with Crippen molar-refractivity contribution < 1.29 is 14.5 Å². The molecule has 7 heteroatoms. The fourth-order valence-corrected chi connectivity index (χ4v) is 3.65. The van der Waals surface area contributed by atoms with E-state index in [1.165, 1.54) is 0 Å². The summed E-state index contributed by atoms with van der Waals surface area (Å²) in [4.78, 5) is 27.1. The summed E-state index contributed by atoms with van der Waals surface area (Å²) in [6.07, 6.45) is 1.94. The Morgan fingerprint density at radius 1 is 1.17 bits per heavy atom. The van der Waals surface area contributed by atoms with Crippen LogP contribution in [-0.2, 0) is 4.74 Å². The van der Waals surface area contributed by atoms with Crippen LogP contribution in [0.1, 0.15) is 47.0 Å². The van der Waals surface area contributed by atoms with E-state index in [9.17, 15) is 14.9 Å². The van der Waals surface area contributed by atoms with E-state index < -0.39 is 5.60 Å². The van der Waals surface area contributed by atoms with Gasteiger partial charge in [-0.25, -0.2) is 4.79 Å². The Balaban J connectivity index is 1.83. The van der Waals surface area contributed by atoms with Gasteiger partial charge in [0.1, 0.15) is 5.60 Å². The summed E-state index contributed by atoms with van der Waals surface area (Å²) in [7, 11) is 0. The number of rotatable bonds is 2. The largest absolute Gasteiger partial charge is 0.444 e. The molecular weight excluding hydrogens is 298 g/mol. The topological polar surface area (TPSA) is 75.9 Å². The summed E-state index contributed by atoms with van der Waals surface area (Å²) in [5.74, 6) is 0.326. The van der Waals surface area contributed by atoms with Crippen molar-refractivity contribution in [2.24, 2.45) is 5.92 Å². The van der Waals surface area contributed by atoms with Crippen molar-refractivity contribution in [2.45, 2.75) is 64.6 Å². The van der Waals surface area contributed by atoms with Crippen LogP contribution < -0.4 is 0 Å². The van der Waals surface area contributed by atoms with Crippen LogP contribution in [0.3, 0.4) is 0 Å². The van der Waals surface area contributed by atoms with Crippen LogP contribution in [0.15, 0.2) is 0 Å². The molecule has 0 aromatic heterocycles. The van der Waals surface area contributed by atoms with Gasteiger partial charge in [-0.15, -0.1) is 0 Å². The van der Waals surface area contributed by atoms with Crippen molar-refractivity contribution in [1.82, 2.24) is 9.80 Å². The van der Waals surface area contributed by atoms with Crippen molar-refractivity contribution in [3.63, 3.8) is 0 Å². The lowest BCUT2D eigenvalue weighted by atomic mass is 9.82. The second kappa shape index (κ2) is 7.03. The Labute approximate surface area is 138 Å². The van der Waals surface area contributed by atoms with Gasteiger partial charge < -0.3 is 9.64 Å². The molecule has 1 saturated carbocycles. The lowest BCUT2D eigenvalue weighted by Crippen LogP contribution is -2.55. The van der Waals surface area contributed by atoms with Crippen molar-refractivity contribution in [1.29, 1.82) is 0 Å². The molecule has 0 radical (unpaired) electrons. The summed E-state index contributed by atoms with van der Waals surface area (Å²) in [5, 5.41) is 10.9. The summed E-state index contributed by atoms with van der Waals surface area (Å²) in [6, 6.07) is 0.0105. The average Bonchev–Trinajstić information content (AvgIpc) is 2.45. The van der Waals surface area contributed by atoms with Gasteiger partial charge in [0.05, 0.1) is 0 Å². The molecule has 0 spiro atoms. The number of piperazine rings is 1. The maximum atomic E-state index is 12.1. The van der Waals surface area contributed by atoms with Crippen molar-refractivity contribution >= 4 is 6.09 Å². The maximum absolute atomic E-state index is 12.1. The highest BCUT2D eigenvalue weighted by atomic mass is 16.6. The Kier molecular flexibility index (Phi) is 5.49. The molecule has 1 heterocycles. The van der Waals surface area contributed by atoms with Crippen LogP contribution in [0, 0.1) is 16.0 Å². The van der Waals surface area contributed by atoms with Crippen LogP contribution in [0.2, 0.25) is 0 Å². The fourth-order valence-electron chi connectivity index (χ4n) is 3.65. The first kappa shape index (κ1) is 18.0. The van der Waals surface area contributed by atoms with Gasteiger partial charge in [-0.05, 0) is 33.1 Å². The van der Waals surface area contributed by atoms with E-state index >= 15 is 0 Å². The molecule has 1 aliphatic heterocycles. The molecule has 2 fully saturated rings. The number of nitrogens with zero attached hydrogens (tertiary/aromatic N) is 3. The highest BCUT2D eigenvalue weighted by Crippen LogP contribution is 2.30. The van der Waals surface area contributed by atoms with E-state index in [-0.39, 0.29) is 17.1 Å². The van der Waals surface area contributed by atoms with E-state index in [0.29, 0.717) is 37.9 Å². The zero-order valence-electron chi connectivity index (χ0n) is 14.7. The molecule has 2 rings (SSSR count). The van der Waals surface area contributed by atoms with Crippen LogP contribution >= 0.6 is 0 Å². The van der Waals surface area contributed by atoms with E-state index in [2.05, 4.69) is 11.8 Å². The van der Waals surface area contributed by atoms with E-state index in [1.807, 2.05) is 20.8 Å². The molecule has 0 aromatic carbocycles. The zero-order chi connectivity index (χ0) is 17.2. The first-order chi connectivity index (χ1) is 10.7. The van der Waals surface area contributed by atoms with Gasteiger partial charge >= 0.3 is 6.09 Å². The smallest absolute Gasteiger partial charge is 0.410 e. The molecule has 0 N–H and O–H groups in total. The zero-order valence-corrected chi connectivity index (χ0v) is 14.7.